The van der Waals surface area contributed by atoms with Gasteiger partial charge in [-0.05, 0) is 24.3 Å². The Hall–Kier alpha value is -1.96. The van der Waals surface area contributed by atoms with E-state index in [2.05, 4.69) is 15.7 Å². The van der Waals surface area contributed by atoms with Crippen LogP contribution in [0.15, 0.2) is 30.5 Å². The van der Waals surface area contributed by atoms with E-state index >= 15 is 0 Å². The summed E-state index contributed by atoms with van der Waals surface area (Å²) >= 11 is 0. The largest absolute Gasteiger partial charge is 0.348 e. The average Bonchev–Trinajstić information content (AvgIpc) is 3.13. The minimum Gasteiger partial charge on any atom is -0.348 e. The van der Waals surface area contributed by atoms with Crippen molar-refractivity contribution in [3.8, 4) is 0 Å². The van der Waals surface area contributed by atoms with Crippen LogP contribution in [0.2, 0.25) is 0 Å². The lowest BCUT2D eigenvalue weighted by Gasteiger charge is -2.15. The first kappa shape index (κ1) is 11.8. The molecule has 2 aromatic rings. The van der Waals surface area contributed by atoms with Gasteiger partial charge in [0.1, 0.15) is 25.0 Å². The molecule has 0 saturated carbocycles. The number of hydrogen-bond acceptors (Lipinski definition) is 5. The Balaban J connectivity index is 1.51. The summed E-state index contributed by atoms with van der Waals surface area (Å²) in [7, 11) is 0. The zero-order valence-electron chi connectivity index (χ0n) is 10.7. The first-order valence-corrected chi connectivity index (χ1v) is 6.53. The molecule has 2 N–H and O–H groups in total. The van der Waals surface area contributed by atoms with Crippen molar-refractivity contribution in [2.75, 3.05) is 18.7 Å². The highest BCUT2D eigenvalue weighted by Crippen LogP contribution is 2.22. The predicted molar refractivity (Wildman–Crippen MR) is 70.2 cm³/mol. The van der Waals surface area contributed by atoms with Gasteiger partial charge in [0, 0.05) is 12.7 Å². The third-order valence-corrected chi connectivity index (χ3v) is 3.70. The molecule has 104 valence electrons. The zero-order valence-corrected chi connectivity index (χ0v) is 10.7. The van der Waals surface area contributed by atoms with Crippen LogP contribution in [0.25, 0.3) is 5.52 Å². The van der Waals surface area contributed by atoms with Gasteiger partial charge in [0.25, 0.3) is 0 Å². The van der Waals surface area contributed by atoms with Crippen molar-refractivity contribution < 1.29 is 14.3 Å². The van der Waals surface area contributed by atoms with Gasteiger partial charge in [0.05, 0.1) is 5.52 Å². The highest BCUT2D eigenvalue weighted by Gasteiger charge is 2.45. The van der Waals surface area contributed by atoms with E-state index in [0.717, 1.165) is 5.52 Å². The Bertz CT molecular complexity index is 656. The number of nitrogens with one attached hydrogen (secondary N) is 2. The molecule has 0 radical (unpaired) electrons. The maximum absolute atomic E-state index is 12.3. The third kappa shape index (κ3) is 1.87. The fourth-order valence-electron chi connectivity index (χ4n) is 2.69. The van der Waals surface area contributed by atoms with E-state index in [0.29, 0.717) is 12.4 Å². The van der Waals surface area contributed by atoms with Crippen molar-refractivity contribution in [3.63, 3.8) is 0 Å². The first-order valence-electron chi connectivity index (χ1n) is 6.53. The van der Waals surface area contributed by atoms with Gasteiger partial charge in [-0.1, -0.05) is 0 Å². The molecule has 2 aliphatic heterocycles. The lowest BCUT2D eigenvalue weighted by molar-refractivity contribution is -0.120. The third-order valence-electron chi connectivity index (χ3n) is 3.70. The summed E-state index contributed by atoms with van der Waals surface area (Å²) in [5, 5.41) is 10.2. The Morgan fingerprint density at radius 3 is 3.30 bits per heavy atom. The maximum atomic E-state index is 12.3. The van der Waals surface area contributed by atoms with Crippen LogP contribution in [-0.4, -0.2) is 47.1 Å². The smallest absolute Gasteiger partial charge is 0.245 e. The van der Waals surface area contributed by atoms with E-state index in [9.17, 15) is 4.79 Å². The van der Waals surface area contributed by atoms with Crippen LogP contribution in [0.1, 0.15) is 0 Å². The van der Waals surface area contributed by atoms with Gasteiger partial charge in [-0.2, -0.15) is 5.10 Å². The van der Waals surface area contributed by atoms with Crippen molar-refractivity contribution in [3.05, 3.63) is 30.5 Å². The number of nitrogens with zero attached hydrogens (tertiary/aromatic N) is 2. The normalized spacial score (nSPS) is 28.7. The molecule has 2 fully saturated rings. The average molecular weight is 274 g/mol. The Labute approximate surface area is 114 Å². The monoisotopic (exact) mass is 274 g/mol. The highest BCUT2D eigenvalue weighted by atomic mass is 16.7. The van der Waals surface area contributed by atoms with Crippen molar-refractivity contribution in [2.45, 2.75) is 18.2 Å². The molecule has 1 amide bonds. The second kappa shape index (κ2) is 4.55. The number of anilines is 1. The van der Waals surface area contributed by atoms with Gasteiger partial charge in [0.2, 0.25) is 5.91 Å². The van der Waals surface area contributed by atoms with Crippen LogP contribution >= 0.6 is 0 Å². The maximum Gasteiger partial charge on any atom is 0.245 e. The summed E-state index contributed by atoms with van der Waals surface area (Å²) in [4.78, 5) is 12.3. The van der Waals surface area contributed by atoms with Crippen LogP contribution in [0.3, 0.4) is 0 Å². The van der Waals surface area contributed by atoms with Crippen molar-refractivity contribution in [2.24, 2.45) is 0 Å². The molecular formula is C13H14N4O3. The summed E-state index contributed by atoms with van der Waals surface area (Å²) < 4.78 is 12.5. The van der Waals surface area contributed by atoms with Crippen LogP contribution in [0.4, 0.5) is 5.82 Å². The molecule has 0 bridgehead atoms. The van der Waals surface area contributed by atoms with Crippen molar-refractivity contribution in [1.82, 2.24) is 14.9 Å². The Morgan fingerprint density at radius 1 is 1.40 bits per heavy atom. The van der Waals surface area contributed by atoms with Gasteiger partial charge in [0.15, 0.2) is 5.82 Å². The minimum absolute atomic E-state index is 0.0364. The quantitative estimate of drug-likeness (QED) is 0.805. The molecule has 4 heterocycles. The molecule has 4 rings (SSSR count). The SMILES string of the molecule is O=C(Nc1ccc2cccn2n1)C1NCC2OCOC21. The van der Waals surface area contributed by atoms with Crippen LogP contribution < -0.4 is 10.6 Å². The number of ether oxygens (including phenoxy) is 2. The van der Waals surface area contributed by atoms with Gasteiger partial charge in [-0.15, -0.1) is 0 Å². The minimum atomic E-state index is -0.398. The number of hydrogen-bond donors (Lipinski definition) is 2. The molecule has 20 heavy (non-hydrogen) atoms. The molecule has 0 spiro atoms. The van der Waals surface area contributed by atoms with Gasteiger partial charge >= 0.3 is 0 Å². The van der Waals surface area contributed by atoms with E-state index in [1.165, 1.54) is 0 Å². The number of aromatic nitrogens is 2. The molecule has 2 aliphatic rings. The van der Waals surface area contributed by atoms with Crippen molar-refractivity contribution in [1.29, 1.82) is 0 Å². The number of carbonyl (C=O) groups is 1. The van der Waals surface area contributed by atoms with E-state index in [1.54, 1.807) is 10.6 Å². The van der Waals surface area contributed by atoms with E-state index in [4.69, 9.17) is 9.47 Å². The summed E-state index contributed by atoms with van der Waals surface area (Å²) in [6, 6.07) is 7.14. The standard InChI is InChI=1S/C13H14N4O3/c18-13(11-12-9(6-14-11)19-7-20-12)15-10-4-3-8-2-1-5-17(8)16-10/h1-5,9,11-12,14H,6-7H2,(H,15,16,18). The van der Waals surface area contributed by atoms with Crippen LogP contribution in [0, 0.1) is 0 Å². The van der Waals surface area contributed by atoms with Crippen molar-refractivity contribution >= 4 is 17.2 Å². The number of fused-ring (bicyclic) bond motifs is 2. The fourth-order valence-corrected chi connectivity index (χ4v) is 2.69. The van der Waals surface area contributed by atoms with Gasteiger partial charge in [-0.3, -0.25) is 4.79 Å². The zero-order chi connectivity index (χ0) is 13.5. The molecule has 3 unspecified atom stereocenters. The lowest BCUT2D eigenvalue weighted by atomic mass is 10.1. The predicted octanol–water partition coefficient (Wildman–Crippen LogP) is -0.0139. The van der Waals surface area contributed by atoms with Gasteiger partial charge in [-0.25, -0.2) is 4.52 Å². The molecule has 3 atom stereocenters. The molecule has 0 aromatic carbocycles. The van der Waals surface area contributed by atoms with E-state index in [-0.39, 0.29) is 24.9 Å². The molecule has 2 saturated heterocycles. The van der Waals surface area contributed by atoms with E-state index in [1.807, 2.05) is 24.4 Å². The molecule has 2 aromatic heterocycles. The second-order valence-corrected chi connectivity index (χ2v) is 4.93. The van der Waals surface area contributed by atoms with Gasteiger partial charge < -0.3 is 20.1 Å². The summed E-state index contributed by atoms with van der Waals surface area (Å²) in [5.74, 6) is 0.366. The molecular weight excluding hydrogens is 260 g/mol. The summed E-state index contributed by atoms with van der Waals surface area (Å²) in [6.07, 6.45) is 1.58. The second-order valence-electron chi connectivity index (χ2n) is 4.93. The molecule has 7 nitrogen and oxygen atoms in total. The molecule has 7 heteroatoms. The topological polar surface area (TPSA) is 76.9 Å². The fraction of sp³-hybridized carbons (Fsp3) is 0.385. The highest BCUT2D eigenvalue weighted by molar-refractivity contribution is 5.95. The summed E-state index contributed by atoms with van der Waals surface area (Å²) in [6.45, 7) is 0.890. The summed E-state index contributed by atoms with van der Waals surface area (Å²) in [5.41, 5.74) is 0.981. The van der Waals surface area contributed by atoms with Crippen LogP contribution in [-0.2, 0) is 14.3 Å². The molecule has 0 aliphatic carbocycles. The number of carbonyl (C=O) groups excluding carboxylic acids is 1. The Morgan fingerprint density at radius 2 is 2.35 bits per heavy atom. The van der Waals surface area contributed by atoms with E-state index < -0.39 is 6.04 Å². The number of rotatable bonds is 2. The first-order chi connectivity index (χ1) is 9.81. The Kier molecular flexibility index (Phi) is 2.69. The lowest BCUT2D eigenvalue weighted by Crippen LogP contribution is -2.43. The van der Waals surface area contributed by atoms with Crippen LogP contribution in [0.5, 0.6) is 0 Å². The number of amides is 1.